The molecule has 2 aliphatic heterocycles. The van der Waals surface area contributed by atoms with Crippen molar-refractivity contribution in [3.8, 4) is 0 Å². The normalized spacial score (nSPS) is 20.1. The van der Waals surface area contributed by atoms with E-state index in [1.807, 2.05) is 4.90 Å². The summed E-state index contributed by atoms with van der Waals surface area (Å²) in [5.74, 6) is 0.143. The number of hydrogen-bond acceptors (Lipinski definition) is 4. The van der Waals surface area contributed by atoms with E-state index in [0.29, 0.717) is 12.2 Å². The summed E-state index contributed by atoms with van der Waals surface area (Å²) in [6.07, 6.45) is 7.04. The molecule has 2 aliphatic rings. The van der Waals surface area contributed by atoms with Crippen molar-refractivity contribution in [2.75, 3.05) is 32.7 Å². The molecule has 0 unspecified atom stereocenters. The lowest BCUT2D eigenvalue weighted by molar-refractivity contribution is -0.133. The van der Waals surface area contributed by atoms with Crippen molar-refractivity contribution in [2.45, 2.75) is 38.1 Å². The van der Waals surface area contributed by atoms with E-state index >= 15 is 0 Å². The average molecular weight is 333 g/mol. The molecule has 1 N–H and O–H groups in total. The highest BCUT2D eigenvalue weighted by Crippen LogP contribution is 2.13. The zero-order valence-electron chi connectivity index (χ0n) is 14.4. The molecule has 0 aliphatic carbocycles. The first-order valence-electron chi connectivity index (χ1n) is 8.92. The van der Waals surface area contributed by atoms with Gasteiger partial charge in [0.25, 0.3) is 5.91 Å². The van der Waals surface area contributed by atoms with Crippen LogP contribution in [-0.2, 0) is 11.8 Å². The number of carbonyl (C=O) groups is 2. The van der Waals surface area contributed by atoms with Gasteiger partial charge in [0.2, 0.25) is 5.91 Å². The molecule has 7 nitrogen and oxygen atoms in total. The van der Waals surface area contributed by atoms with E-state index in [1.165, 1.54) is 6.42 Å². The lowest BCUT2D eigenvalue weighted by atomic mass is 10.0. The number of likely N-dealkylation sites (tertiary alicyclic amines) is 2. The molecule has 132 valence electrons. The van der Waals surface area contributed by atoms with Crippen LogP contribution in [0.5, 0.6) is 0 Å². The molecular formula is C17H27N5O2. The molecular weight excluding hydrogens is 306 g/mol. The summed E-state index contributed by atoms with van der Waals surface area (Å²) in [7, 11) is 1.80. The second kappa shape index (κ2) is 7.79. The second-order valence-electron chi connectivity index (χ2n) is 6.84. The number of aromatic nitrogens is 2. The Kier molecular flexibility index (Phi) is 5.50. The smallest absolute Gasteiger partial charge is 0.271 e. The Bertz CT molecular complexity index is 571. The first-order chi connectivity index (χ1) is 11.6. The Balaban J connectivity index is 1.40. The summed E-state index contributed by atoms with van der Waals surface area (Å²) in [5, 5.41) is 7.18. The van der Waals surface area contributed by atoms with Gasteiger partial charge in [0.05, 0.1) is 6.54 Å². The largest absolute Gasteiger partial charge is 0.348 e. The molecule has 2 saturated heterocycles. The minimum atomic E-state index is -0.113. The van der Waals surface area contributed by atoms with Crippen LogP contribution in [-0.4, -0.2) is 70.2 Å². The predicted octanol–water partition coefficient (Wildman–Crippen LogP) is 0.627. The summed E-state index contributed by atoms with van der Waals surface area (Å²) < 4.78 is 1.63. The maximum atomic E-state index is 12.3. The van der Waals surface area contributed by atoms with Crippen molar-refractivity contribution in [3.63, 3.8) is 0 Å². The minimum Gasteiger partial charge on any atom is -0.348 e. The number of rotatable bonds is 4. The molecule has 2 fully saturated rings. The zero-order chi connectivity index (χ0) is 16.9. The molecule has 0 atom stereocenters. The highest BCUT2D eigenvalue weighted by atomic mass is 16.2. The van der Waals surface area contributed by atoms with Crippen molar-refractivity contribution >= 4 is 11.8 Å². The van der Waals surface area contributed by atoms with Gasteiger partial charge in [0, 0.05) is 45.5 Å². The van der Waals surface area contributed by atoms with E-state index in [4.69, 9.17) is 0 Å². The topological polar surface area (TPSA) is 70.5 Å². The van der Waals surface area contributed by atoms with Crippen molar-refractivity contribution in [3.05, 3.63) is 18.0 Å². The van der Waals surface area contributed by atoms with E-state index in [-0.39, 0.29) is 17.9 Å². The average Bonchev–Trinajstić information content (AvgIpc) is 3.04. The van der Waals surface area contributed by atoms with Gasteiger partial charge in [-0.3, -0.25) is 19.2 Å². The van der Waals surface area contributed by atoms with E-state index < -0.39 is 0 Å². The molecule has 0 radical (unpaired) electrons. The fourth-order valence-electron chi connectivity index (χ4n) is 3.47. The van der Waals surface area contributed by atoms with Crippen LogP contribution < -0.4 is 5.32 Å². The minimum absolute atomic E-state index is 0.113. The third kappa shape index (κ3) is 4.35. The molecule has 0 aromatic carbocycles. The van der Waals surface area contributed by atoms with E-state index in [9.17, 15) is 9.59 Å². The van der Waals surface area contributed by atoms with Crippen LogP contribution in [0.2, 0.25) is 0 Å². The number of carbonyl (C=O) groups excluding carboxylic acids is 2. The van der Waals surface area contributed by atoms with Crippen LogP contribution in [0.25, 0.3) is 0 Å². The highest BCUT2D eigenvalue weighted by molar-refractivity contribution is 5.92. The quantitative estimate of drug-likeness (QED) is 0.877. The van der Waals surface area contributed by atoms with E-state index in [1.54, 1.807) is 24.0 Å². The van der Waals surface area contributed by atoms with Gasteiger partial charge in [0.15, 0.2) is 0 Å². The predicted molar refractivity (Wildman–Crippen MR) is 90.6 cm³/mol. The third-order valence-corrected chi connectivity index (χ3v) is 4.94. The summed E-state index contributed by atoms with van der Waals surface area (Å²) in [6.45, 7) is 4.05. The molecule has 3 heterocycles. The van der Waals surface area contributed by atoms with Gasteiger partial charge in [0.1, 0.15) is 5.69 Å². The van der Waals surface area contributed by atoms with Gasteiger partial charge < -0.3 is 10.2 Å². The van der Waals surface area contributed by atoms with Crippen LogP contribution in [0.3, 0.4) is 0 Å². The van der Waals surface area contributed by atoms with Crippen molar-refractivity contribution in [1.29, 1.82) is 0 Å². The number of piperidine rings is 2. The van der Waals surface area contributed by atoms with Crippen LogP contribution in [0.15, 0.2) is 12.3 Å². The summed E-state index contributed by atoms with van der Waals surface area (Å²) in [5.41, 5.74) is 0.459. The first-order valence-corrected chi connectivity index (χ1v) is 8.92. The summed E-state index contributed by atoms with van der Waals surface area (Å²) >= 11 is 0. The van der Waals surface area contributed by atoms with Crippen LogP contribution in [0.4, 0.5) is 0 Å². The van der Waals surface area contributed by atoms with Crippen molar-refractivity contribution < 1.29 is 9.59 Å². The number of hydrogen-bond donors (Lipinski definition) is 1. The van der Waals surface area contributed by atoms with Gasteiger partial charge in [-0.05, 0) is 38.2 Å². The molecule has 3 rings (SSSR count). The third-order valence-electron chi connectivity index (χ3n) is 4.94. The molecule has 0 bridgehead atoms. The van der Waals surface area contributed by atoms with Crippen LogP contribution in [0, 0.1) is 0 Å². The number of amides is 2. The Labute approximate surface area is 143 Å². The van der Waals surface area contributed by atoms with E-state index in [2.05, 4.69) is 15.3 Å². The Morgan fingerprint density at radius 1 is 1.17 bits per heavy atom. The van der Waals surface area contributed by atoms with Gasteiger partial charge >= 0.3 is 0 Å². The Morgan fingerprint density at radius 3 is 2.50 bits per heavy atom. The SMILES string of the molecule is Cn1ccc(C(=O)NC2CCN(CC(=O)N3CCCCC3)CC2)n1. The Hall–Kier alpha value is -1.89. The standard InChI is InChI=1S/C17H27N5O2/c1-20-10-7-15(19-20)17(24)18-14-5-11-21(12-6-14)13-16(23)22-8-3-2-4-9-22/h7,10,14H,2-6,8-9,11-13H2,1H3,(H,18,24). The van der Waals surface area contributed by atoms with Gasteiger partial charge in [-0.1, -0.05) is 0 Å². The van der Waals surface area contributed by atoms with E-state index in [0.717, 1.165) is 51.9 Å². The summed E-state index contributed by atoms with van der Waals surface area (Å²) in [6, 6.07) is 1.89. The number of nitrogens with one attached hydrogen (secondary N) is 1. The van der Waals surface area contributed by atoms with Crippen molar-refractivity contribution in [2.24, 2.45) is 7.05 Å². The van der Waals surface area contributed by atoms with Crippen LogP contribution in [0.1, 0.15) is 42.6 Å². The molecule has 0 saturated carbocycles. The lowest BCUT2D eigenvalue weighted by Crippen LogP contribution is -2.48. The highest BCUT2D eigenvalue weighted by Gasteiger charge is 2.25. The molecule has 1 aromatic heterocycles. The molecule has 7 heteroatoms. The fourth-order valence-corrected chi connectivity index (χ4v) is 3.47. The molecule has 24 heavy (non-hydrogen) atoms. The fraction of sp³-hybridized carbons (Fsp3) is 0.706. The maximum Gasteiger partial charge on any atom is 0.271 e. The number of nitrogens with zero attached hydrogens (tertiary/aromatic N) is 4. The number of aryl methyl sites for hydroxylation is 1. The Morgan fingerprint density at radius 2 is 1.88 bits per heavy atom. The lowest BCUT2D eigenvalue weighted by Gasteiger charge is -2.34. The van der Waals surface area contributed by atoms with Crippen molar-refractivity contribution in [1.82, 2.24) is 24.9 Å². The second-order valence-corrected chi connectivity index (χ2v) is 6.84. The summed E-state index contributed by atoms with van der Waals surface area (Å²) in [4.78, 5) is 28.7. The zero-order valence-corrected chi connectivity index (χ0v) is 14.4. The first kappa shape index (κ1) is 17.0. The maximum absolute atomic E-state index is 12.3. The van der Waals surface area contributed by atoms with Gasteiger partial charge in [-0.25, -0.2) is 0 Å². The molecule has 1 aromatic rings. The van der Waals surface area contributed by atoms with Gasteiger partial charge in [-0.15, -0.1) is 0 Å². The van der Waals surface area contributed by atoms with Crippen LogP contribution >= 0.6 is 0 Å². The van der Waals surface area contributed by atoms with Gasteiger partial charge in [-0.2, -0.15) is 5.10 Å². The monoisotopic (exact) mass is 333 g/mol. The molecule has 0 spiro atoms. The molecule has 2 amide bonds.